The van der Waals surface area contributed by atoms with Crippen LogP contribution in [0.1, 0.15) is 31.4 Å². The van der Waals surface area contributed by atoms with E-state index in [1.807, 2.05) is 50.2 Å². The van der Waals surface area contributed by atoms with E-state index in [1.54, 1.807) is 0 Å². The fourth-order valence-electron chi connectivity index (χ4n) is 2.35. The highest BCUT2D eigenvalue weighted by Crippen LogP contribution is 2.25. The first kappa shape index (κ1) is 18.5. The van der Waals surface area contributed by atoms with E-state index in [4.69, 9.17) is 21.1 Å². The van der Waals surface area contributed by atoms with E-state index in [-0.39, 0.29) is 6.10 Å². The van der Waals surface area contributed by atoms with Crippen LogP contribution >= 0.6 is 11.6 Å². The van der Waals surface area contributed by atoms with Gasteiger partial charge in [0.25, 0.3) is 0 Å². The summed E-state index contributed by atoms with van der Waals surface area (Å²) in [5.74, 6) is 1.74. The van der Waals surface area contributed by atoms with Gasteiger partial charge in [-0.2, -0.15) is 0 Å². The molecule has 0 bridgehead atoms. The Morgan fingerprint density at radius 2 is 1.79 bits per heavy atom. The lowest BCUT2D eigenvalue weighted by Crippen LogP contribution is -2.12. The van der Waals surface area contributed by atoms with E-state index in [2.05, 4.69) is 19.2 Å². The van der Waals surface area contributed by atoms with Crippen molar-refractivity contribution in [1.29, 1.82) is 0 Å². The second kappa shape index (κ2) is 8.84. The van der Waals surface area contributed by atoms with Crippen molar-refractivity contribution < 1.29 is 9.47 Å². The molecule has 0 aliphatic heterocycles. The Morgan fingerprint density at radius 1 is 1.08 bits per heavy atom. The monoisotopic (exact) mass is 347 g/mol. The second-order valence-corrected chi connectivity index (χ2v) is 6.39. The van der Waals surface area contributed by atoms with E-state index in [9.17, 15) is 0 Å². The molecule has 1 unspecified atom stereocenters. The highest BCUT2D eigenvalue weighted by molar-refractivity contribution is 6.32. The molecule has 1 N–H and O–H groups in total. The Labute approximate surface area is 149 Å². The summed E-state index contributed by atoms with van der Waals surface area (Å²) in [6.45, 7) is 9.46. The third kappa shape index (κ3) is 5.34. The molecule has 0 radical (unpaired) electrons. The van der Waals surface area contributed by atoms with Gasteiger partial charge in [0.05, 0.1) is 6.10 Å². The zero-order valence-corrected chi connectivity index (χ0v) is 15.6. The molecule has 0 fully saturated rings. The van der Waals surface area contributed by atoms with Crippen LogP contribution in [0.3, 0.4) is 0 Å². The molecule has 130 valence electrons. The number of hydrogen-bond acceptors (Lipinski definition) is 3. The fraction of sp³-hybridized carbons (Fsp3) is 0.400. The maximum Gasteiger partial charge on any atom is 0.121 e. The molecule has 2 aromatic carbocycles. The first-order valence-corrected chi connectivity index (χ1v) is 8.77. The molecule has 0 heterocycles. The van der Waals surface area contributed by atoms with E-state index >= 15 is 0 Å². The largest absolute Gasteiger partial charge is 0.492 e. The number of benzene rings is 2. The van der Waals surface area contributed by atoms with Gasteiger partial charge < -0.3 is 14.8 Å². The average molecular weight is 348 g/mol. The van der Waals surface area contributed by atoms with E-state index in [1.165, 1.54) is 0 Å². The maximum atomic E-state index is 6.17. The maximum absolute atomic E-state index is 6.17. The summed E-state index contributed by atoms with van der Waals surface area (Å²) in [5, 5.41) is 4.16. The van der Waals surface area contributed by atoms with Crippen molar-refractivity contribution in [3.63, 3.8) is 0 Å². The molecule has 1 atom stereocenters. The number of nitrogens with one attached hydrogen (secondary N) is 1. The Kier molecular flexibility index (Phi) is 6.80. The van der Waals surface area contributed by atoms with Crippen LogP contribution in [0.25, 0.3) is 0 Å². The smallest absolute Gasteiger partial charge is 0.121 e. The van der Waals surface area contributed by atoms with Crippen molar-refractivity contribution in [2.24, 2.45) is 0 Å². The van der Waals surface area contributed by atoms with Gasteiger partial charge in [-0.25, -0.2) is 0 Å². The Bertz CT molecular complexity index is 649. The van der Waals surface area contributed by atoms with E-state index in [0.717, 1.165) is 39.8 Å². The first-order valence-electron chi connectivity index (χ1n) is 8.39. The summed E-state index contributed by atoms with van der Waals surface area (Å²) in [5.41, 5.74) is 3.10. The first-order chi connectivity index (χ1) is 11.5. The quantitative estimate of drug-likeness (QED) is 0.628. The highest BCUT2D eigenvalue weighted by Gasteiger charge is 2.04. The molecule has 3 nitrogen and oxygen atoms in total. The minimum Gasteiger partial charge on any atom is -0.492 e. The van der Waals surface area contributed by atoms with E-state index in [0.29, 0.717) is 13.2 Å². The van der Waals surface area contributed by atoms with Gasteiger partial charge in [0.2, 0.25) is 0 Å². The summed E-state index contributed by atoms with van der Waals surface area (Å²) >= 11 is 6.17. The average Bonchev–Trinajstić information content (AvgIpc) is 2.56. The van der Waals surface area contributed by atoms with Crippen LogP contribution in [0.4, 0.5) is 5.69 Å². The number of hydrogen-bond donors (Lipinski definition) is 1. The molecule has 0 saturated heterocycles. The van der Waals surface area contributed by atoms with Crippen molar-refractivity contribution >= 4 is 17.3 Å². The molecule has 2 rings (SSSR count). The van der Waals surface area contributed by atoms with Gasteiger partial charge in [-0.15, -0.1) is 0 Å². The Hall–Kier alpha value is -1.87. The lowest BCUT2D eigenvalue weighted by atomic mass is 10.1. The topological polar surface area (TPSA) is 30.5 Å². The SMILES string of the molecule is CCC(C)Oc1cccc(NCCOc2cc(C)c(Cl)c(C)c2)c1. The molecular weight excluding hydrogens is 322 g/mol. The van der Waals surface area contributed by atoms with Gasteiger partial charge in [-0.1, -0.05) is 24.6 Å². The zero-order chi connectivity index (χ0) is 17.5. The second-order valence-electron chi connectivity index (χ2n) is 6.01. The lowest BCUT2D eigenvalue weighted by Gasteiger charge is -2.14. The minimum absolute atomic E-state index is 0.222. The van der Waals surface area contributed by atoms with Gasteiger partial charge in [0.1, 0.15) is 18.1 Å². The van der Waals surface area contributed by atoms with Gasteiger partial charge >= 0.3 is 0 Å². The molecule has 0 spiro atoms. The molecule has 0 aliphatic rings. The number of ether oxygens (including phenoxy) is 2. The van der Waals surface area contributed by atoms with E-state index < -0.39 is 0 Å². The predicted octanol–water partition coefficient (Wildman–Crippen LogP) is 5.63. The third-order valence-corrected chi connectivity index (χ3v) is 4.45. The molecule has 4 heteroatoms. The number of rotatable bonds is 8. The summed E-state index contributed by atoms with van der Waals surface area (Å²) in [6, 6.07) is 12.0. The van der Waals surface area contributed by atoms with Crippen LogP contribution < -0.4 is 14.8 Å². The third-order valence-electron chi connectivity index (χ3n) is 3.86. The van der Waals surface area contributed by atoms with Crippen LogP contribution in [-0.2, 0) is 0 Å². The van der Waals surface area contributed by atoms with Gasteiger partial charge in [0.15, 0.2) is 0 Å². The molecule has 0 aliphatic carbocycles. The normalized spacial score (nSPS) is 11.9. The lowest BCUT2D eigenvalue weighted by molar-refractivity contribution is 0.217. The van der Waals surface area contributed by atoms with Crippen LogP contribution in [0, 0.1) is 13.8 Å². The van der Waals surface area contributed by atoms with Crippen molar-refractivity contribution in [2.75, 3.05) is 18.5 Å². The van der Waals surface area contributed by atoms with Gasteiger partial charge in [-0.05, 0) is 62.6 Å². The summed E-state index contributed by atoms with van der Waals surface area (Å²) < 4.78 is 11.6. The van der Waals surface area contributed by atoms with Crippen molar-refractivity contribution in [3.05, 3.63) is 52.5 Å². The summed E-state index contributed by atoms with van der Waals surface area (Å²) in [6.07, 6.45) is 1.21. The summed E-state index contributed by atoms with van der Waals surface area (Å²) in [7, 11) is 0. The number of aryl methyl sites for hydroxylation is 2. The highest BCUT2D eigenvalue weighted by atomic mass is 35.5. The standard InChI is InChI=1S/C20H26ClNO2/c1-5-16(4)24-18-8-6-7-17(13-18)22-9-10-23-19-11-14(2)20(21)15(3)12-19/h6-8,11-13,16,22H,5,9-10H2,1-4H3. The van der Waals surface area contributed by atoms with Crippen LogP contribution in [0.5, 0.6) is 11.5 Å². The molecular formula is C20H26ClNO2. The van der Waals surface area contributed by atoms with Gasteiger partial charge in [-0.3, -0.25) is 0 Å². The summed E-state index contributed by atoms with van der Waals surface area (Å²) in [4.78, 5) is 0. The van der Waals surface area contributed by atoms with Gasteiger partial charge in [0, 0.05) is 23.3 Å². The van der Waals surface area contributed by atoms with Crippen molar-refractivity contribution in [3.8, 4) is 11.5 Å². The fourth-order valence-corrected chi connectivity index (χ4v) is 2.46. The predicted molar refractivity (Wildman–Crippen MR) is 102 cm³/mol. The Balaban J connectivity index is 1.83. The van der Waals surface area contributed by atoms with Crippen LogP contribution in [-0.4, -0.2) is 19.3 Å². The minimum atomic E-state index is 0.222. The number of anilines is 1. The van der Waals surface area contributed by atoms with Crippen molar-refractivity contribution in [1.82, 2.24) is 0 Å². The molecule has 0 aromatic heterocycles. The van der Waals surface area contributed by atoms with Crippen LogP contribution in [0.2, 0.25) is 5.02 Å². The molecule has 0 saturated carbocycles. The molecule has 0 amide bonds. The number of halogens is 1. The van der Waals surface area contributed by atoms with Crippen molar-refractivity contribution in [2.45, 2.75) is 40.2 Å². The molecule has 24 heavy (non-hydrogen) atoms. The Morgan fingerprint density at radius 3 is 2.46 bits per heavy atom. The zero-order valence-electron chi connectivity index (χ0n) is 14.9. The molecule has 2 aromatic rings. The van der Waals surface area contributed by atoms with Crippen LogP contribution in [0.15, 0.2) is 36.4 Å².